The highest BCUT2D eigenvalue weighted by atomic mass is 16.7. The van der Waals surface area contributed by atoms with Crippen LogP contribution in [0.2, 0.25) is 0 Å². The van der Waals surface area contributed by atoms with Gasteiger partial charge in [0.1, 0.15) is 5.76 Å². The molecule has 0 atom stereocenters. The molecule has 1 aromatic rings. The molecule has 3 aliphatic rings. The van der Waals surface area contributed by atoms with Crippen molar-refractivity contribution < 1.29 is 23.5 Å². The molecule has 0 radical (unpaired) electrons. The maximum absolute atomic E-state index is 11.9. The molecule has 1 aromatic carbocycles. The van der Waals surface area contributed by atoms with E-state index in [1.807, 2.05) is 37.3 Å². The number of aromatic nitrogens is 1. The maximum atomic E-state index is 11.9. The highest BCUT2D eigenvalue weighted by Crippen LogP contribution is 2.42. The van der Waals surface area contributed by atoms with Crippen molar-refractivity contribution in [2.24, 2.45) is 0 Å². The van der Waals surface area contributed by atoms with E-state index in [9.17, 15) is 4.79 Å². The summed E-state index contributed by atoms with van der Waals surface area (Å²) >= 11 is 0. The minimum atomic E-state index is -0.526. The van der Waals surface area contributed by atoms with Gasteiger partial charge in [0.25, 0.3) is 0 Å². The number of methoxy groups -OCH3 is 1. The van der Waals surface area contributed by atoms with Crippen LogP contribution in [0.3, 0.4) is 0 Å². The number of ether oxygens (including phenoxy) is 3. The van der Waals surface area contributed by atoms with E-state index in [4.69, 9.17) is 18.7 Å². The predicted octanol–water partition coefficient (Wildman–Crippen LogP) is 3.27. The summed E-state index contributed by atoms with van der Waals surface area (Å²) in [6, 6.07) is 9.50. The van der Waals surface area contributed by atoms with E-state index >= 15 is 0 Å². The Labute approximate surface area is 131 Å². The molecule has 6 nitrogen and oxygen atoms in total. The van der Waals surface area contributed by atoms with Gasteiger partial charge in [-0.1, -0.05) is 23.4 Å². The molecule has 0 spiro atoms. The average Bonchev–Trinajstić information content (AvgIpc) is 3.20. The van der Waals surface area contributed by atoms with Crippen LogP contribution >= 0.6 is 0 Å². The maximum Gasteiger partial charge on any atom is 0.360 e. The zero-order valence-electron chi connectivity index (χ0n) is 12.6. The molecular weight excluding hydrogens is 298 g/mol. The minimum Gasteiger partial charge on any atom is -0.464 e. The van der Waals surface area contributed by atoms with Crippen molar-refractivity contribution in [1.82, 2.24) is 5.16 Å². The molecule has 0 bridgehead atoms. The van der Waals surface area contributed by atoms with Crippen molar-refractivity contribution in [3.63, 3.8) is 0 Å². The number of hydrogen-bond donors (Lipinski definition) is 0. The molecule has 0 fully saturated rings. The third-order valence-corrected chi connectivity index (χ3v) is 3.90. The number of nitrogens with zero attached hydrogens (tertiary/aromatic N) is 1. The van der Waals surface area contributed by atoms with Crippen LogP contribution in [0.25, 0.3) is 22.3 Å². The second-order valence-electron chi connectivity index (χ2n) is 5.18. The van der Waals surface area contributed by atoms with Crippen molar-refractivity contribution in [3.8, 4) is 33.8 Å². The van der Waals surface area contributed by atoms with Gasteiger partial charge in [-0.2, -0.15) is 0 Å². The van der Waals surface area contributed by atoms with Crippen molar-refractivity contribution in [3.05, 3.63) is 41.8 Å². The Hall–Kier alpha value is -3.02. The SMILES string of the molecule is COC(=O)c1noc(C)c2c(-c3ccc4c(c3)OCO4)ccc1-2. The van der Waals surface area contributed by atoms with Gasteiger partial charge in [-0.05, 0) is 30.2 Å². The number of esters is 1. The van der Waals surface area contributed by atoms with E-state index < -0.39 is 5.97 Å². The van der Waals surface area contributed by atoms with Crippen LogP contribution in [0, 0.1) is 6.92 Å². The van der Waals surface area contributed by atoms with Gasteiger partial charge in [0.05, 0.1) is 7.11 Å². The predicted molar refractivity (Wildman–Crippen MR) is 80.8 cm³/mol. The summed E-state index contributed by atoms with van der Waals surface area (Å²) < 4.78 is 20.8. The topological polar surface area (TPSA) is 70.8 Å². The molecule has 0 amide bonds. The van der Waals surface area contributed by atoms with Crippen LogP contribution in [-0.2, 0) is 4.74 Å². The monoisotopic (exact) mass is 311 g/mol. The van der Waals surface area contributed by atoms with E-state index in [0.29, 0.717) is 17.1 Å². The van der Waals surface area contributed by atoms with Crippen molar-refractivity contribution in [1.29, 1.82) is 0 Å². The van der Waals surface area contributed by atoms with Gasteiger partial charge < -0.3 is 18.7 Å². The van der Waals surface area contributed by atoms with E-state index in [0.717, 1.165) is 22.4 Å². The Morgan fingerprint density at radius 2 is 1.91 bits per heavy atom. The van der Waals surface area contributed by atoms with Crippen molar-refractivity contribution in [2.75, 3.05) is 13.9 Å². The summed E-state index contributed by atoms with van der Waals surface area (Å²) in [6.45, 7) is 2.04. The molecule has 0 saturated carbocycles. The molecule has 23 heavy (non-hydrogen) atoms. The van der Waals surface area contributed by atoms with E-state index in [1.54, 1.807) is 0 Å². The Bertz CT molecular complexity index is 883. The van der Waals surface area contributed by atoms with Crippen LogP contribution in [-0.4, -0.2) is 25.0 Å². The van der Waals surface area contributed by atoms with Crippen LogP contribution in [0.15, 0.2) is 34.9 Å². The van der Waals surface area contributed by atoms with Gasteiger partial charge in [-0.3, -0.25) is 0 Å². The lowest BCUT2D eigenvalue weighted by molar-refractivity contribution is 0.0585. The first-order chi connectivity index (χ1) is 11.2. The van der Waals surface area contributed by atoms with Gasteiger partial charge in [0, 0.05) is 11.1 Å². The van der Waals surface area contributed by atoms with Gasteiger partial charge in [-0.15, -0.1) is 0 Å². The molecule has 0 unspecified atom stereocenters. The summed E-state index contributed by atoms with van der Waals surface area (Å²) in [5, 5.41) is 3.85. The number of carbonyl (C=O) groups is 1. The minimum absolute atomic E-state index is 0.167. The molecule has 116 valence electrons. The largest absolute Gasteiger partial charge is 0.464 e. The molecular formula is C17H13NO5. The fraction of sp³-hybridized carbons (Fsp3) is 0.176. The van der Waals surface area contributed by atoms with Gasteiger partial charge in [0.2, 0.25) is 6.79 Å². The standard InChI is InChI=1S/C17H13NO5/c1-9-15-11(10-3-6-13-14(7-10)22-8-21-13)4-5-12(15)16(18-23-9)17(19)20-2/h3-7H,8H2,1-2H3. The smallest absolute Gasteiger partial charge is 0.360 e. The second-order valence-corrected chi connectivity index (χ2v) is 5.18. The molecule has 4 rings (SSSR count). The number of aryl methyl sites for hydroxylation is 1. The molecule has 0 aromatic heterocycles. The highest BCUT2D eigenvalue weighted by Gasteiger charge is 2.25. The molecule has 6 heteroatoms. The number of hydrogen-bond acceptors (Lipinski definition) is 6. The molecule has 0 saturated heterocycles. The fourth-order valence-corrected chi connectivity index (χ4v) is 2.81. The Balaban J connectivity index is 1.87. The summed E-state index contributed by atoms with van der Waals surface area (Å²) in [6.07, 6.45) is 0. The lowest BCUT2D eigenvalue weighted by Crippen LogP contribution is -2.07. The molecule has 2 aliphatic heterocycles. The molecule has 1 aliphatic carbocycles. The van der Waals surface area contributed by atoms with Gasteiger partial charge in [0.15, 0.2) is 17.2 Å². The third-order valence-electron chi connectivity index (χ3n) is 3.90. The van der Waals surface area contributed by atoms with E-state index in [1.165, 1.54) is 7.11 Å². The lowest BCUT2D eigenvalue weighted by Gasteiger charge is -2.10. The number of rotatable bonds is 2. The van der Waals surface area contributed by atoms with Crippen LogP contribution in [0.1, 0.15) is 16.2 Å². The number of carbonyl (C=O) groups excluding carboxylic acids is 1. The fourth-order valence-electron chi connectivity index (χ4n) is 2.81. The Morgan fingerprint density at radius 3 is 2.74 bits per heavy atom. The quantitative estimate of drug-likeness (QED) is 0.676. The highest BCUT2D eigenvalue weighted by molar-refractivity contribution is 6.00. The Kier molecular flexibility index (Phi) is 2.97. The first-order valence-electron chi connectivity index (χ1n) is 7.06. The van der Waals surface area contributed by atoms with E-state index in [-0.39, 0.29) is 12.5 Å². The zero-order chi connectivity index (χ0) is 16.0. The summed E-state index contributed by atoms with van der Waals surface area (Å²) in [4.78, 5) is 11.9. The summed E-state index contributed by atoms with van der Waals surface area (Å²) in [7, 11) is 1.32. The lowest BCUT2D eigenvalue weighted by atomic mass is 9.99. The van der Waals surface area contributed by atoms with E-state index in [2.05, 4.69) is 5.16 Å². The third kappa shape index (κ3) is 2.03. The Morgan fingerprint density at radius 1 is 1.13 bits per heavy atom. The van der Waals surface area contributed by atoms with Gasteiger partial charge in [-0.25, -0.2) is 4.79 Å². The zero-order valence-corrected chi connectivity index (χ0v) is 12.6. The van der Waals surface area contributed by atoms with Crippen LogP contribution in [0.5, 0.6) is 11.5 Å². The van der Waals surface area contributed by atoms with Crippen molar-refractivity contribution >= 4 is 5.97 Å². The normalized spacial score (nSPS) is 12.6. The second kappa shape index (κ2) is 5.01. The molecule has 0 N–H and O–H groups in total. The number of benzene rings is 1. The molecule has 2 heterocycles. The first kappa shape index (κ1) is 13.6. The van der Waals surface area contributed by atoms with Crippen molar-refractivity contribution in [2.45, 2.75) is 6.92 Å². The average molecular weight is 311 g/mol. The van der Waals surface area contributed by atoms with Crippen LogP contribution < -0.4 is 9.47 Å². The summed E-state index contributed by atoms with van der Waals surface area (Å²) in [5.74, 6) is 1.53. The van der Waals surface area contributed by atoms with Crippen LogP contribution in [0.4, 0.5) is 0 Å². The number of fused-ring (bicyclic) bond motifs is 2. The summed E-state index contributed by atoms with van der Waals surface area (Å²) in [5.41, 5.74) is 3.59. The van der Waals surface area contributed by atoms with Gasteiger partial charge >= 0.3 is 5.97 Å². The first-order valence-corrected chi connectivity index (χ1v) is 7.06.